The van der Waals surface area contributed by atoms with Gasteiger partial charge in [0.15, 0.2) is 9.84 Å². The Kier molecular flexibility index (Phi) is 4.39. The molecule has 0 aromatic heterocycles. The fourth-order valence-corrected chi connectivity index (χ4v) is 2.54. The van der Waals surface area contributed by atoms with Crippen molar-refractivity contribution in [3.05, 3.63) is 54.1 Å². The SMILES string of the molecule is CS(=O)(=O)c1ccc(-c2ccc(C(O)C(F)F)cc2)cc1. The Balaban J connectivity index is 2.27. The molecule has 112 valence electrons. The molecule has 0 aliphatic carbocycles. The van der Waals surface area contributed by atoms with Crippen molar-refractivity contribution in [3.8, 4) is 11.1 Å². The van der Waals surface area contributed by atoms with Crippen molar-refractivity contribution >= 4 is 9.84 Å². The summed E-state index contributed by atoms with van der Waals surface area (Å²) in [5, 5.41) is 9.27. The van der Waals surface area contributed by atoms with E-state index in [1.165, 1.54) is 24.3 Å². The van der Waals surface area contributed by atoms with Crippen molar-refractivity contribution in [2.24, 2.45) is 0 Å². The molecule has 0 radical (unpaired) electrons. The number of aliphatic hydroxyl groups excluding tert-OH is 1. The smallest absolute Gasteiger partial charge is 0.268 e. The van der Waals surface area contributed by atoms with Crippen molar-refractivity contribution < 1.29 is 22.3 Å². The quantitative estimate of drug-likeness (QED) is 0.944. The second kappa shape index (κ2) is 5.91. The molecule has 0 spiro atoms. The van der Waals surface area contributed by atoms with Crippen LogP contribution in [0.3, 0.4) is 0 Å². The minimum atomic E-state index is -3.25. The van der Waals surface area contributed by atoms with Crippen molar-refractivity contribution in [1.82, 2.24) is 0 Å². The Bertz CT molecular complexity index is 708. The van der Waals surface area contributed by atoms with E-state index >= 15 is 0 Å². The maximum atomic E-state index is 12.4. The Labute approximate surface area is 121 Å². The molecule has 0 amide bonds. The van der Waals surface area contributed by atoms with Crippen molar-refractivity contribution in [1.29, 1.82) is 0 Å². The zero-order chi connectivity index (χ0) is 15.6. The predicted octanol–water partition coefficient (Wildman–Crippen LogP) is 3.06. The van der Waals surface area contributed by atoms with Crippen molar-refractivity contribution in [3.63, 3.8) is 0 Å². The highest BCUT2D eigenvalue weighted by molar-refractivity contribution is 7.90. The first kappa shape index (κ1) is 15.6. The van der Waals surface area contributed by atoms with Gasteiger partial charge in [0.2, 0.25) is 0 Å². The highest BCUT2D eigenvalue weighted by atomic mass is 32.2. The van der Waals surface area contributed by atoms with Crippen LogP contribution in [0.25, 0.3) is 11.1 Å². The molecule has 21 heavy (non-hydrogen) atoms. The lowest BCUT2D eigenvalue weighted by molar-refractivity contribution is -0.00577. The Hall–Kier alpha value is -1.79. The number of hydrogen-bond acceptors (Lipinski definition) is 3. The van der Waals surface area contributed by atoms with Gasteiger partial charge >= 0.3 is 0 Å². The molecular formula is C15H14F2O3S. The molecule has 1 atom stereocenters. The van der Waals surface area contributed by atoms with Crippen molar-refractivity contribution in [2.75, 3.05) is 6.26 Å². The fourth-order valence-electron chi connectivity index (χ4n) is 1.91. The van der Waals surface area contributed by atoms with Gasteiger partial charge in [-0.3, -0.25) is 0 Å². The number of sulfone groups is 1. The topological polar surface area (TPSA) is 54.4 Å². The molecule has 0 aliphatic rings. The van der Waals surface area contributed by atoms with Crippen LogP contribution in [0.15, 0.2) is 53.4 Å². The number of rotatable bonds is 4. The summed E-state index contributed by atoms with van der Waals surface area (Å²) in [6.07, 6.45) is -3.50. The average molecular weight is 312 g/mol. The van der Waals surface area contributed by atoms with Crippen LogP contribution < -0.4 is 0 Å². The second-order valence-corrected chi connectivity index (χ2v) is 6.71. The molecule has 2 aromatic carbocycles. The summed E-state index contributed by atoms with van der Waals surface area (Å²) in [6.45, 7) is 0. The first-order chi connectivity index (χ1) is 9.79. The van der Waals surface area contributed by atoms with Crippen LogP contribution in [0.5, 0.6) is 0 Å². The lowest BCUT2D eigenvalue weighted by Gasteiger charge is -2.10. The zero-order valence-electron chi connectivity index (χ0n) is 11.2. The summed E-state index contributed by atoms with van der Waals surface area (Å²) < 4.78 is 47.5. The van der Waals surface area contributed by atoms with Gasteiger partial charge in [-0.25, -0.2) is 17.2 Å². The third kappa shape index (κ3) is 3.65. The fraction of sp³-hybridized carbons (Fsp3) is 0.200. The van der Waals surface area contributed by atoms with Gasteiger partial charge in [0.25, 0.3) is 6.43 Å². The summed E-state index contributed by atoms with van der Waals surface area (Å²) in [5.41, 5.74) is 1.65. The largest absolute Gasteiger partial charge is 0.382 e. The molecule has 0 saturated heterocycles. The minimum absolute atomic E-state index is 0.140. The number of halogens is 2. The maximum absolute atomic E-state index is 12.4. The highest BCUT2D eigenvalue weighted by Gasteiger charge is 2.18. The van der Waals surface area contributed by atoms with Gasteiger partial charge in [0, 0.05) is 6.26 Å². The average Bonchev–Trinajstić information content (AvgIpc) is 2.46. The molecule has 2 aromatic rings. The number of hydrogen-bond donors (Lipinski definition) is 1. The molecule has 1 unspecified atom stereocenters. The van der Waals surface area contributed by atoms with E-state index in [2.05, 4.69) is 0 Å². The Morgan fingerprint density at radius 2 is 1.33 bits per heavy atom. The van der Waals surface area contributed by atoms with E-state index < -0.39 is 22.4 Å². The van der Waals surface area contributed by atoms with Gasteiger partial charge in [-0.15, -0.1) is 0 Å². The monoisotopic (exact) mass is 312 g/mol. The van der Waals surface area contributed by atoms with Gasteiger partial charge in [-0.1, -0.05) is 36.4 Å². The van der Waals surface area contributed by atoms with Crippen LogP contribution in [-0.2, 0) is 9.84 Å². The third-order valence-corrected chi connectivity index (χ3v) is 4.24. The van der Waals surface area contributed by atoms with Gasteiger partial charge in [0.1, 0.15) is 6.10 Å². The molecular weight excluding hydrogens is 298 g/mol. The zero-order valence-corrected chi connectivity index (χ0v) is 12.0. The van der Waals surface area contributed by atoms with Gasteiger partial charge in [-0.05, 0) is 28.8 Å². The summed E-state index contributed by atoms with van der Waals surface area (Å²) >= 11 is 0. The molecule has 1 N–H and O–H groups in total. The third-order valence-electron chi connectivity index (χ3n) is 3.11. The van der Waals surface area contributed by atoms with Crippen LogP contribution in [-0.4, -0.2) is 26.2 Å². The van der Waals surface area contributed by atoms with Crippen LogP contribution in [0.4, 0.5) is 8.78 Å². The number of alkyl halides is 2. The normalized spacial score (nSPS) is 13.4. The van der Waals surface area contributed by atoms with Crippen LogP contribution in [0.2, 0.25) is 0 Å². The summed E-state index contributed by atoms with van der Waals surface area (Å²) in [4.78, 5) is 0.219. The Morgan fingerprint density at radius 1 is 0.905 bits per heavy atom. The standard InChI is InChI=1S/C15H14F2O3S/c1-21(19,20)13-8-6-11(7-9-13)10-2-4-12(5-3-10)14(18)15(16)17/h2-9,14-15,18H,1H3. The first-order valence-electron chi connectivity index (χ1n) is 6.16. The Morgan fingerprint density at radius 3 is 1.71 bits per heavy atom. The van der Waals surface area contributed by atoms with E-state index in [0.717, 1.165) is 17.4 Å². The molecule has 2 rings (SSSR count). The molecule has 0 heterocycles. The van der Waals surface area contributed by atoms with Crippen LogP contribution >= 0.6 is 0 Å². The summed E-state index contributed by atoms with van der Waals surface area (Å²) in [5.74, 6) is 0. The van der Waals surface area contributed by atoms with E-state index in [1.54, 1.807) is 24.3 Å². The number of benzene rings is 2. The van der Waals surface area contributed by atoms with Gasteiger partial charge in [0.05, 0.1) is 4.90 Å². The van der Waals surface area contributed by atoms with E-state index in [4.69, 9.17) is 0 Å². The minimum Gasteiger partial charge on any atom is -0.382 e. The molecule has 3 nitrogen and oxygen atoms in total. The predicted molar refractivity (Wildman–Crippen MR) is 76.0 cm³/mol. The molecule has 6 heteroatoms. The lowest BCUT2D eigenvalue weighted by atomic mass is 10.0. The summed E-state index contributed by atoms with van der Waals surface area (Å²) in [7, 11) is -3.25. The lowest BCUT2D eigenvalue weighted by Crippen LogP contribution is -2.07. The van der Waals surface area contributed by atoms with Crippen molar-refractivity contribution in [2.45, 2.75) is 17.4 Å². The molecule has 0 aliphatic heterocycles. The van der Waals surface area contributed by atoms with Gasteiger partial charge in [-0.2, -0.15) is 0 Å². The van der Waals surface area contributed by atoms with E-state index in [0.29, 0.717) is 0 Å². The molecule has 0 bridgehead atoms. The molecule has 0 fully saturated rings. The van der Waals surface area contributed by atoms with E-state index in [9.17, 15) is 22.3 Å². The van der Waals surface area contributed by atoms with E-state index in [1.807, 2.05) is 0 Å². The maximum Gasteiger partial charge on any atom is 0.268 e. The summed E-state index contributed by atoms with van der Waals surface area (Å²) in [6, 6.07) is 12.4. The first-order valence-corrected chi connectivity index (χ1v) is 8.05. The van der Waals surface area contributed by atoms with Crippen LogP contribution in [0, 0.1) is 0 Å². The molecule has 0 saturated carbocycles. The van der Waals surface area contributed by atoms with E-state index in [-0.39, 0.29) is 10.5 Å². The van der Waals surface area contributed by atoms with Gasteiger partial charge < -0.3 is 5.11 Å². The number of aliphatic hydroxyl groups is 1. The second-order valence-electron chi connectivity index (χ2n) is 4.70. The van der Waals surface area contributed by atoms with Crippen LogP contribution in [0.1, 0.15) is 11.7 Å². The highest BCUT2D eigenvalue weighted by Crippen LogP contribution is 2.25.